The van der Waals surface area contributed by atoms with Crippen LogP contribution in [0.15, 0.2) is 61.3 Å². The summed E-state index contributed by atoms with van der Waals surface area (Å²) in [5, 5.41) is 0.706. The first-order valence-corrected chi connectivity index (χ1v) is 9.84. The lowest BCUT2D eigenvalue weighted by Crippen LogP contribution is -2.31. The maximum absolute atomic E-state index is 12.8. The normalized spacial score (nSPS) is 16.3. The standard InChI is InChI=1S/C22H21ClN4O/c23-19-4-1-3-16(11-19)6-9-22(28)27-10-2-5-21(27)20-8-7-17(14-26-20)18-12-24-15-25-13-18/h1,3-4,7-8,11-15,21H,2,5-6,9-10H2/t21-/m1/s1. The van der Waals surface area contributed by atoms with Crippen LogP contribution < -0.4 is 0 Å². The molecule has 142 valence electrons. The highest BCUT2D eigenvalue weighted by molar-refractivity contribution is 6.30. The summed E-state index contributed by atoms with van der Waals surface area (Å²) in [6.45, 7) is 0.787. The maximum atomic E-state index is 12.8. The van der Waals surface area contributed by atoms with Crippen molar-refractivity contribution in [3.05, 3.63) is 77.6 Å². The first-order chi connectivity index (χ1) is 13.7. The molecule has 0 aliphatic carbocycles. The van der Waals surface area contributed by atoms with Crippen molar-refractivity contribution in [1.29, 1.82) is 0 Å². The second kappa shape index (κ2) is 8.48. The second-order valence-electron chi connectivity index (χ2n) is 6.97. The molecule has 3 heterocycles. The molecule has 1 atom stereocenters. The van der Waals surface area contributed by atoms with E-state index in [9.17, 15) is 4.79 Å². The van der Waals surface area contributed by atoms with Crippen molar-refractivity contribution in [3.63, 3.8) is 0 Å². The molecular formula is C22H21ClN4O. The Labute approximate surface area is 169 Å². The molecule has 0 radical (unpaired) electrons. The molecule has 6 heteroatoms. The fourth-order valence-corrected chi connectivity index (χ4v) is 3.89. The largest absolute Gasteiger partial charge is 0.334 e. The monoisotopic (exact) mass is 392 g/mol. The Kier molecular flexibility index (Phi) is 5.63. The Bertz CT molecular complexity index is 946. The summed E-state index contributed by atoms with van der Waals surface area (Å²) in [6, 6.07) is 11.8. The van der Waals surface area contributed by atoms with E-state index >= 15 is 0 Å². The second-order valence-corrected chi connectivity index (χ2v) is 7.41. The molecule has 2 aromatic heterocycles. The Balaban J connectivity index is 1.43. The van der Waals surface area contributed by atoms with Gasteiger partial charge in [0.25, 0.3) is 0 Å². The number of hydrogen-bond acceptors (Lipinski definition) is 4. The number of carbonyl (C=O) groups excluding carboxylic acids is 1. The van der Waals surface area contributed by atoms with Crippen molar-refractivity contribution in [2.45, 2.75) is 31.7 Å². The Morgan fingerprint density at radius 2 is 1.96 bits per heavy atom. The van der Waals surface area contributed by atoms with Crippen molar-refractivity contribution in [2.24, 2.45) is 0 Å². The van der Waals surface area contributed by atoms with Gasteiger partial charge >= 0.3 is 0 Å². The average Bonchev–Trinajstić information content (AvgIpc) is 3.23. The lowest BCUT2D eigenvalue weighted by atomic mass is 10.1. The molecule has 0 saturated carbocycles. The van der Waals surface area contributed by atoms with Gasteiger partial charge in [0.15, 0.2) is 0 Å². The van der Waals surface area contributed by atoms with Crippen LogP contribution >= 0.6 is 11.6 Å². The average molecular weight is 393 g/mol. The van der Waals surface area contributed by atoms with Gasteiger partial charge in [-0.15, -0.1) is 0 Å². The minimum atomic E-state index is 0.0490. The van der Waals surface area contributed by atoms with E-state index in [1.54, 1.807) is 12.4 Å². The van der Waals surface area contributed by atoms with E-state index in [0.29, 0.717) is 17.9 Å². The van der Waals surface area contributed by atoms with E-state index in [2.05, 4.69) is 15.0 Å². The number of halogens is 1. The third-order valence-electron chi connectivity index (χ3n) is 5.11. The summed E-state index contributed by atoms with van der Waals surface area (Å²) in [5.41, 5.74) is 3.93. The molecule has 28 heavy (non-hydrogen) atoms. The van der Waals surface area contributed by atoms with Crippen LogP contribution in [0.3, 0.4) is 0 Å². The molecule has 1 aliphatic rings. The summed E-state index contributed by atoms with van der Waals surface area (Å²) in [6.07, 6.45) is 10.0. The van der Waals surface area contributed by atoms with Gasteiger partial charge in [0.05, 0.1) is 11.7 Å². The number of pyridine rings is 1. The van der Waals surface area contributed by atoms with Gasteiger partial charge in [-0.3, -0.25) is 9.78 Å². The Hall–Kier alpha value is -2.79. The third-order valence-corrected chi connectivity index (χ3v) is 5.35. The van der Waals surface area contributed by atoms with Crippen molar-refractivity contribution in [3.8, 4) is 11.1 Å². The van der Waals surface area contributed by atoms with Crippen LogP contribution in [0.4, 0.5) is 0 Å². The molecule has 0 unspecified atom stereocenters. The van der Waals surface area contributed by atoms with Gasteiger partial charge in [0, 0.05) is 47.7 Å². The molecule has 1 fully saturated rings. The number of benzene rings is 1. The number of hydrogen-bond donors (Lipinski definition) is 0. The van der Waals surface area contributed by atoms with Gasteiger partial charge in [-0.25, -0.2) is 9.97 Å². The molecule has 0 bridgehead atoms. The van der Waals surface area contributed by atoms with Crippen LogP contribution in [0.5, 0.6) is 0 Å². The number of aromatic nitrogens is 3. The van der Waals surface area contributed by atoms with Crippen LogP contribution in [-0.4, -0.2) is 32.3 Å². The fourth-order valence-electron chi connectivity index (χ4n) is 3.68. The highest BCUT2D eigenvalue weighted by Gasteiger charge is 2.30. The van der Waals surface area contributed by atoms with Crippen LogP contribution in [-0.2, 0) is 11.2 Å². The third kappa shape index (κ3) is 4.20. The summed E-state index contributed by atoms with van der Waals surface area (Å²) in [7, 11) is 0. The summed E-state index contributed by atoms with van der Waals surface area (Å²) < 4.78 is 0. The number of nitrogens with zero attached hydrogens (tertiary/aromatic N) is 4. The molecule has 4 rings (SSSR count). The van der Waals surface area contributed by atoms with Crippen LogP contribution in [0, 0.1) is 0 Å². The molecule has 5 nitrogen and oxygen atoms in total. The van der Waals surface area contributed by atoms with E-state index in [-0.39, 0.29) is 11.9 Å². The number of rotatable bonds is 5. The van der Waals surface area contributed by atoms with Gasteiger partial charge in [0.2, 0.25) is 5.91 Å². The topological polar surface area (TPSA) is 59.0 Å². The first kappa shape index (κ1) is 18.6. The predicted molar refractivity (Wildman–Crippen MR) is 109 cm³/mol. The Morgan fingerprint density at radius 1 is 1.11 bits per heavy atom. The highest BCUT2D eigenvalue weighted by atomic mass is 35.5. The van der Waals surface area contributed by atoms with Gasteiger partial charge in [-0.2, -0.15) is 0 Å². The molecule has 1 aliphatic heterocycles. The molecule has 1 saturated heterocycles. The zero-order valence-electron chi connectivity index (χ0n) is 15.5. The molecule has 0 spiro atoms. The van der Waals surface area contributed by atoms with Crippen LogP contribution in [0.25, 0.3) is 11.1 Å². The quantitative estimate of drug-likeness (QED) is 0.642. The van der Waals surface area contributed by atoms with Gasteiger partial charge < -0.3 is 4.90 Å². The smallest absolute Gasteiger partial charge is 0.223 e. The number of carbonyl (C=O) groups is 1. The fraction of sp³-hybridized carbons (Fsp3) is 0.273. The van der Waals surface area contributed by atoms with E-state index in [4.69, 9.17) is 11.6 Å². The van der Waals surface area contributed by atoms with Crippen molar-refractivity contribution in [1.82, 2.24) is 19.9 Å². The summed E-state index contributed by atoms with van der Waals surface area (Å²) in [5.74, 6) is 0.171. The van der Waals surface area contributed by atoms with Crippen molar-refractivity contribution < 1.29 is 4.79 Å². The highest BCUT2D eigenvalue weighted by Crippen LogP contribution is 2.32. The van der Waals surface area contributed by atoms with Gasteiger partial charge in [-0.1, -0.05) is 29.8 Å². The number of amides is 1. The van der Waals surface area contributed by atoms with E-state index in [1.165, 1.54) is 6.33 Å². The summed E-state index contributed by atoms with van der Waals surface area (Å²) in [4.78, 5) is 27.5. The zero-order valence-corrected chi connectivity index (χ0v) is 16.2. The molecular weight excluding hydrogens is 372 g/mol. The summed E-state index contributed by atoms with van der Waals surface area (Å²) >= 11 is 6.04. The molecule has 1 aromatic carbocycles. The number of likely N-dealkylation sites (tertiary alicyclic amines) is 1. The Morgan fingerprint density at radius 3 is 2.71 bits per heavy atom. The van der Waals surface area contributed by atoms with Crippen molar-refractivity contribution >= 4 is 17.5 Å². The van der Waals surface area contributed by atoms with Crippen LogP contribution in [0.1, 0.15) is 36.6 Å². The SMILES string of the molecule is O=C(CCc1cccc(Cl)c1)N1CCC[C@@H]1c1ccc(-c2cncnc2)cn1. The lowest BCUT2D eigenvalue weighted by Gasteiger charge is -2.24. The van der Waals surface area contributed by atoms with Gasteiger partial charge in [0.1, 0.15) is 6.33 Å². The molecule has 3 aromatic rings. The zero-order chi connectivity index (χ0) is 19.3. The van der Waals surface area contributed by atoms with E-state index in [0.717, 1.165) is 41.8 Å². The van der Waals surface area contributed by atoms with Gasteiger partial charge in [-0.05, 0) is 43.0 Å². The first-order valence-electron chi connectivity index (χ1n) is 9.46. The predicted octanol–water partition coefficient (Wildman–Crippen LogP) is 4.49. The lowest BCUT2D eigenvalue weighted by molar-refractivity contribution is -0.132. The van der Waals surface area contributed by atoms with Crippen LogP contribution in [0.2, 0.25) is 5.02 Å². The maximum Gasteiger partial charge on any atom is 0.223 e. The number of aryl methyl sites for hydroxylation is 1. The minimum Gasteiger partial charge on any atom is -0.334 e. The minimum absolute atomic E-state index is 0.0490. The van der Waals surface area contributed by atoms with E-state index in [1.807, 2.05) is 47.5 Å². The van der Waals surface area contributed by atoms with Crippen molar-refractivity contribution in [2.75, 3.05) is 6.54 Å². The molecule has 0 N–H and O–H groups in total. The molecule has 1 amide bonds. The van der Waals surface area contributed by atoms with E-state index < -0.39 is 0 Å².